The molecular formula is C20H16FIN2OS. The summed E-state index contributed by atoms with van der Waals surface area (Å²) in [7, 11) is 0. The second-order valence-electron chi connectivity index (χ2n) is 6.17. The molecule has 2 heterocycles. The molecule has 1 amide bonds. The first kappa shape index (κ1) is 17.5. The zero-order valence-corrected chi connectivity index (χ0v) is 16.8. The van der Waals surface area contributed by atoms with Gasteiger partial charge < -0.3 is 10.2 Å². The fourth-order valence-corrected chi connectivity index (χ4v) is 4.71. The Hall–Kier alpha value is -1.93. The van der Waals surface area contributed by atoms with Gasteiger partial charge in [0.05, 0.1) is 5.56 Å². The van der Waals surface area contributed by atoms with E-state index in [1.54, 1.807) is 0 Å². The van der Waals surface area contributed by atoms with Crippen LogP contribution in [0.2, 0.25) is 0 Å². The Labute approximate surface area is 169 Å². The molecule has 0 bridgehead atoms. The molecule has 132 valence electrons. The molecule has 1 N–H and O–H groups in total. The van der Waals surface area contributed by atoms with Crippen molar-refractivity contribution in [1.29, 1.82) is 0 Å². The van der Waals surface area contributed by atoms with Crippen LogP contribution in [-0.2, 0) is 13.0 Å². The molecular weight excluding hydrogens is 462 g/mol. The molecule has 0 spiro atoms. The van der Waals surface area contributed by atoms with Crippen LogP contribution in [0.1, 0.15) is 20.8 Å². The fourth-order valence-electron chi connectivity index (χ4n) is 3.10. The molecule has 1 aromatic heterocycles. The van der Waals surface area contributed by atoms with Crippen molar-refractivity contribution >= 4 is 51.2 Å². The Morgan fingerprint density at radius 1 is 1.15 bits per heavy atom. The van der Waals surface area contributed by atoms with Gasteiger partial charge in [0.15, 0.2) is 0 Å². The molecule has 2 aromatic carbocycles. The standard InChI is InChI=1S/C20H16FIN2OS/c21-14-1-6-17(18(22)11-14)20(25)23-15-2-4-16(5-3-15)24-9-7-19-13(12-24)8-10-26-19/h1-6,8,10-11H,7,9,12H2,(H,23,25). The van der Waals surface area contributed by atoms with E-state index in [1.807, 2.05) is 58.2 Å². The zero-order valence-electron chi connectivity index (χ0n) is 13.8. The van der Waals surface area contributed by atoms with Gasteiger partial charge in [-0.15, -0.1) is 11.3 Å². The van der Waals surface area contributed by atoms with E-state index in [9.17, 15) is 9.18 Å². The number of nitrogens with zero attached hydrogens (tertiary/aromatic N) is 1. The number of halogens is 2. The molecule has 26 heavy (non-hydrogen) atoms. The van der Waals surface area contributed by atoms with Crippen molar-refractivity contribution < 1.29 is 9.18 Å². The Morgan fingerprint density at radius 2 is 1.96 bits per heavy atom. The Kier molecular flexibility index (Phi) is 4.95. The van der Waals surface area contributed by atoms with Crippen molar-refractivity contribution in [1.82, 2.24) is 0 Å². The van der Waals surface area contributed by atoms with Crippen molar-refractivity contribution in [2.24, 2.45) is 0 Å². The number of anilines is 2. The summed E-state index contributed by atoms with van der Waals surface area (Å²) < 4.78 is 13.8. The monoisotopic (exact) mass is 478 g/mol. The Morgan fingerprint density at radius 3 is 2.73 bits per heavy atom. The lowest BCUT2D eigenvalue weighted by Gasteiger charge is -2.29. The van der Waals surface area contributed by atoms with Gasteiger partial charge in [0.1, 0.15) is 5.82 Å². The minimum atomic E-state index is -0.342. The van der Waals surface area contributed by atoms with Crippen molar-refractivity contribution in [3.05, 3.63) is 79.3 Å². The Balaban J connectivity index is 1.45. The van der Waals surface area contributed by atoms with E-state index < -0.39 is 0 Å². The van der Waals surface area contributed by atoms with Gasteiger partial charge in [-0.05, 0) is 88.5 Å². The van der Waals surface area contributed by atoms with Crippen LogP contribution in [0.25, 0.3) is 0 Å². The second-order valence-corrected chi connectivity index (χ2v) is 8.33. The van der Waals surface area contributed by atoms with E-state index in [0.29, 0.717) is 9.13 Å². The van der Waals surface area contributed by atoms with Crippen LogP contribution in [0.5, 0.6) is 0 Å². The van der Waals surface area contributed by atoms with Crippen LogP contribution in [0, 0.1) is 9.39 Å². The third kappa shape index (κ3) is 3.61. The van der Waals surface area contributed by atoms with E-state index in [-0.39, 0.29) is 11.7 Å². The van der Waals surface area contributed by atoms with Gasteiger partial charge in [-0.2, -0.15) is 0 Å². The van der Waals surface area contributed by atoms with E-state index in [2.05, 4.69) is 21.7 Å². The van der Waals surface area contributed by atoms with Crippen LogP contribution in [0.15, 0.2) is 53.9 Å². The lowest BCUT2D eigenvalue weighted by molar-refractivity contribution is 0.102. The predicted octanol–water partition coefficient (Wildman–Crippen LogP) is 5.31. The van der Waals surface area contributed by atoms with E-state index >= 15 is 0 Å². The second kappa shape index (κ2) is 7.36. The molecule has 3 aromatic rings. The maximum Gasteiger partial charge on any atom is 0.256 e. The SMILES string of the molecule is O=C(Nc1ccc(N2CCc3sccc3C2)cc1)c1ccc(F)cc1I. The first-order valence-corrected chi connectivity index (χ1v) is 10.2. The number of nitrogens with one attached hydrogen (secondary N) is 1. The molecule has 3 nitrogen and oxygen atoms in total. The summed E-state index contributed by atoms with van der Waals surface area (Å²) in [5, 5.41) is 5.03. The first-order chi connectivity index (χ1) is 12.6. The summed E-state index contributed by atoms with van der Waals surface area (Å²) in [4.78, 5) is 16.2. The van der Waals surface area contributed by atoms with Crippen LogP contribution in [0.4, 0.5) is 15.8 Å². The number of carbonyl (C=O) groups excluding carboxylic acids is 1. The molecule has 1 aliphatic rings. The van der Waals surface area contributed by atoms with Gasteiger partial charge >= 0.3 is 0 Å². The quantitative estimate of drug-likeness (QED) is 0.518. The Bertz CT molecular complexity index is 955. The van der Waals surface area contributed by atoms with Gasteiger partial charge in [-0.3, -0.25) is 4.79 Å². The number of amides is 1. The minimum absolute atomic E-state index is 0.233. The lowest BCUT2D eigenvalue weighted by atomic mass is 10.1. The molecule has 4 rings (SSSR count). The summed E-state index contributed by atoms with van der Waals surface area (Å²) in [5.74, 6) is -0.575. The van der Waals surface area contributed by atoms with Crippen molar-refractivity contribution in [3.63, 3.8) is 0 Å². The van der Waals surface area contributed by atoms with Crippen molar-refractivity contribution in [2.45, 2.75) is 13.0 Å². The molecule has 0 fully saturated rings. The number of hydrogen-bond acceptors (Lipinski definition) is 3. The lowest BCUT2D eigenvalue weighted by Crippen LogP contribution is -2.29. The van der Waals surface area contributed by atoms with Gasteiger partial charge in [0, 0.05) is 32.9 Å². The van der Waals surface area contributed by atoms with E-state index in [4.69, 9.17) is 0 Å². The summed E-state index contributed by atoms with van der Waals surface area (Å²) in [5.41, 5.74) is 3.75. The number of benzene rings is 2. The molecule has 1 aliphatic heterocycles. The largest absolute Gasteiger partial charge is 0.367 e. The summed E-state index contributed by atoms with van der Waals surface area (Å²) >= 11 is 3.81. The van der Waals surface area contributed by atoms with Gasteiger partial charge in [0.25, 0.3) is 5.91 Å². The van der Waals surface area contributed by atoms with Crippen LogP contribution >= 0.6 is 33.9 Å². The number of carbonyl (C=O) groups is 1. The van der Waals surface area contributed by atoms with Crippen molar-refractivity contribution in [3.8, 4) is 0 Å². The molecule has 0 aliphatic carbocycles. The van der Waals surface area contributed by atoms with E-state index in [0.717, 1.165) is 30.9 Å². The molecule has 0 radical (unpaired) electrons. The number of rotatable bonds is 3. The molecule has 0 unspecified atom stereocenters. The molecule has 0 atom stereocenters. The zero-order chi connectivity index (χ0) is 18.1. The molecule has 0 saturated heterocycles. The predicted molar refractivity (Wildman–Crippen MR) is 113 cm³/mol. The third-order valence-electron chi connectivity index (χ3n) is 4.47. The van der Waals surface area contributed by atoms with E-state index in [1.165, 1.54) is 28.6 Å². The van der Waals surface area contributed by atoms with Crippen LogP contribution in [-0.4, -0.2) is 12.5 Å². The maximum absolute atomic E-state index is 13.2. The summed E-state index contributed by atoms with van der Waals surface area (Å²) in [6.45, 7) is 1.94. The first-order valence-electron chi connectivity index (χ1n) is 8.27. The highest BCUT2D eigenvalue weighted by atomic mass is 127. The van der Waals surface area contributed by atoms with Crippen LogP contribution < -0.4 is 10.2 Å². The minimum Gasteiger partial charge on any atom is -0.367 e. The van der Waals surface area contributed by atoms with Crippen LogP contribution in [0.3, 0.4) is 0 Å². The summed E-state index contributed by atoms with van der Waals surface area (Å²) in [6, 6.07) is 14.2. The molecule has 6 heteroatoms. The average molecular weight is 478 g/mol. The number of hydrogen-bond donors (Lipinski definition) is 1. The maximum atomic E-state index is 13.2. The topological polar surface area (TPSA) is 32.3 Å². The number of fused-ring (bicyclic) bond motifs is 1. The van der Waals surface area contributed by atoms with Gasteiger partial charge in [-0.25, -0.2) is 4.39 Å². The number of thiophene rings is 1. The van der Waals surface area contributed by atoms with Gasteiger partial charge in [-0.1, -0.05) is 0 Å². The highest BCUT2D eigenvalue weighted by molar-refractivity contribution is 14.1. The fraction of sp³-hybridized carbons (Fsp3) is 0.150. The normalized spacial score (nSPS) is 13.4. The highest BCUT2D eigenvalue weighted by Gasteiger charge is 2.17. The highest BCUT2D eigenvalue weighted by Crippen LogP contribution is 2.28. The summed E-state index contributed by atoms with van der Waals surface area (Å²) in [6.07, 6.45) is 1.08. The molecule has 0 saturated carbocycles. The smallest absolute Gasteiger partial charge is 0.256 e. The van der Waals surface area contributed by atoms with Gasteiger partial charge in [0.2, 0.25) is 0 Å². The van der Waals surface area contributed by atoms with Crippen molar-refractivity contribution in [2.75, 3.05) is 16.8 Å². The third-order valence-corrected chi connectivity index (χ3v) is 6.39. The average Bonchev–Trinajstić information content (AvgIpc) is 3.10.